The highest BCUT2D eigenvalue weighted by Crippen LogP contribution is 2.40. The lowest BCUT2D eigenvalue weighted by molar-refractivity contribution is 1.23. The Kier molecular flexibility index (Phi) is 5.10. The van der Waals surface area contributed by atoms with Crippen LogP contribution in [0.2, 0.25) is 0 Å². The number of aromatic amines is 2. The fourth-order valence-corrected chi connectivity index (χ4v) is 5.88. The van der Waals surface area contributed by atoms with Crippen LogP contribution in [0.25, 0.3) is 65.9 Å². The summed E-state index contributed by atoms with van der Waals surface area (Å²) < 4.78 is 0. The Balaban J connectivity index is 1.26. The zero-order valence-electron chi connectivity index (χ0n) is 21.6. The van der Waals surface area contributed by atoms with Crippen LogP contribution < -0.4 is 0 Å². The van der Waals surface area contributed by atoms with Crippen molar-refractivity contribution in [1.82, 2.24) is 9.97 Å². The SMILES string of the molecule is c1ccc(-c2cccc3c2[nH]c2ccccc23)c(N=Nc2ccccc2-c2cccc3c2[nH]c2ccccc23)c1. The summed E-state index contributed by atoms with van der Waals surface area (Å²) in [5, 5.41) is 14.5. The molecule has 4 heteroatoms. The molecule has 0 spiro atoms. The third kappa shape index (κ3) is 3.54. The van der Waals surface area contributed by atoms with Crippen LogP contribution >= 0.6 is 0 Å². The van der Waals surface area contributed by atoms with E-state index >= 15 is 0 Å². The maximum Gasteiger partial charge on any atom is 0.0936 e. The number of nitrogens with one attached hydrogen (secondary N) is 2. The number of aromatic nitrogens is 2. The van der Waals surface area contributed by atoms with Gasteiger partial charge in [0.25, 0.3) is 0 Å². The first kappa shape index (κ1) is 22.5. The average molecular weight is 513 g/mol. The van der Waals surface area contributed by atoms with Crippen molar-refractivity contribution in [3.63, 3.8) is 0 Å². The summed E-state index contributed by atoms with van der Waals surface area (Å²) in [6.07, 6.45) is 0. The maximum atomic E-state index is 4.82. The van der Waals surface area contributed by atoms with Crippen molar-refractivity contribution in [3.05, 3.63) is 133 Å². The second kappa shape index (κ2) is 9.07. The van der Waals surface area contributed by atoms with E-state index in [1.807, 2.05) is 24.3 Å². The molecule has 0 aliphatic rings. The fraction of sp³-hybridized carbons (Fsp3) is 0. The molecule has 40 heavy (non-hydrogen) atoms. The number of nitrogens with zero attached hydrogens (tertiary/aromatic N) is 2. The molecule has 0 aliphatic heterocycles. The van der Waals surface area contributed by atoms with E-state index in [1.54, 1.807) is 0 Å². The molecule has 8 aromatic rings. The summed E-state index contributed by atoms with van der Waals surface area (Å²) in [5.41, 5.74) is 10.4. The van der Waals surface area contributed by atoms with Crippen molar-refractivity contribution in [2.24, 2.45) is 10.2 Å². The minimum atomic E-state index is 0.826. The zero-order valence-corrected chi connectivity index (χ0v) is 21.6. The quantitative estimate of drug-likeness (QED) is 0.220. The van der Waals surface area contributed by atoms with Gasteiger partial charge in [0.05, 0.1) is 22.4 Å². The van der Waals surface area contributed by atoms with Crippen molar-refractivity contribution < 1.29 is 0 Å². The lowest BCUT2D eigenvalue weighted by Crippen LogP contribution is -1.83. The van der Waals surface area contributed by atoms with E-state index in [9.17, 15) is 0 Å². The molecule has 188 valence electrons. The molecule has 0 amide bonds. The van der Waals surface area contributed by atoms with Crippen molar-refractivity contribution in [2.45, 2.75) is 0 Å². The Hall–Kier alpha value is -5.48. The minimum Gasteiger partial charge on any atom is -0.354 e. The van der Waals surface area contributed by atoms with E-state index in [0.717, 1.165) is 55.7 Å². The molecule has 0 unspecified atom stereocenters. The van der Waals surface area contributed by atoms with Crippen LogP contribution in [-0.4, -0.2) is 9.97 Å². The number of para-hydroxylation sites is 4. The van der Waals surface area contributed by atoms with E-state index < -0.39 is 0 Å². The highest BCUT2D eigenvalue weighted by molar-refractivity contribution is 6.13. The van der Waals surface area contributed by atoms with Crippen LogP contribution in [0.4, 0.5) is 11.4 Å². The van der Waals surface area contributed by atoms with Gasteiger partial charge in [0.15, 0.2) is 0 Å². The van der Waals surface area contributed by atoms with Crippen LogP contribution in [0.3, 0.4) is 0 Å². The summed E-state index contributed by atoms with van der Waals surface area (Å²) in [6, 6.07) is 46.1. The lowest BCUT2D eigenvalue weighted by Gasteiger charge is -2.09. The van der Waals surface area contributed by atoms with E-state index in [2.05, 4.69) is 119 Å². The molecule has 0 aliphatic carbocycles. The van der Waals surface area contributed by atoms with E-state index in [1.165, 1.54) is 21.5 Å². The Morgan fingerprint density at radius 2 is 0.700 bits per heavy atom. The summed E-state index contributed by atoms with van der Waals surface area (Å²) in [7, 11) is 0. The highest BCUT2D eigenvalue weighted by Gasteiger charge is 2.14. The predicted octanol–water partition coefficient (Wildman–Crippen LogP) is 10.7. The number of hydrogen-bond donors (Lipinski definition) is 2. The van der Waals surface area contributed by atoms with Crippen LogP contribution in [0.15, 0.2) is 144 Å². The molecule has 8 rings (SSSR count). The number of fused-ring (bicyclic) bond motifs is 6. The van der Waals surface area contributed by atoms with Gasteiger partial charge in [-0.05, 0) is 24.3 Å². The Morgan fingerprint density at radius 1 is 0.325 bits per heavy atom. The molecule has 0 fully saturated rings. The molecule has 2 N–H and O–H groups in total. The molecular weight excluding hydrogens is 488 g/mol. The van der Waals surface area contributed by atoms with Gasteiger partial charge in [-0.3, -0.25) is 0 Å². The lowest BCUT2D eigenvalue weighted by atomic mass is 10.0. The fourth-order valence-electron chi connectivity index (χ4n) is 5.88. The van der Waals surface area contributed by atoms with Gasteiger partial charge < -0.3 is 9.97 Å². The molecular formula is C36H24N4. The second-order valence-corrected chi connectivity index (χ2v) is 10.0. The largest absolute Gasteiger partial charge is 0.354 e. The molecule has 0 saturated heterocycles. The average Bonchev–Trinajstić information content (AvgIpc) is 3.59. The molecule has 2 heterocycles. The summed E-state index contributed by atoms with van der Waals surface area (Å²) in [6.45, 7) is 0. The first-order valence-corrected chi connectivity index (χ1v) is 13.4. The summed E-state index contributed by atoms with van der Waals surface area (Å²) in [5.74, 6) is 0. The Morgan fingerprint density at radius 3 is 1.20 bits per heavy atom. The van der Waals surface area contributed by atoms with E-state index in [0.29, 0.717) is 0 Å². The van der Waals surface area contributed by atoms with Crippen molar-refractivity contribution >= 4 is 55.0 Å². The monoisotopic (exact) mass is 512 g/mol. The Labute approximate surface area is 230 Å². The molecule has 6 aromatic carbocycles. The molecule has 0 saturated carbocycles. The molecule has 0 bridgehead atoms. The van der Waals surface area contributed by atoms with Gasteiger partial charge in [-0.25, -0.2) is 0 Å². The Bertz CT molecular complexity index is 2070. The minimum absolute atomic E-state index is 0.826. The van der Waals surface area contributed by atoms with Gasteiger partial charge in [-0.1, -0.05) is 109 Å². The van der Waals surface area contributed by atoms with Gasteiger partial charge >= 0.3 is 0 Å². The van der Waals surface area contributed by atoms with E-state index in [4.69, 9.17) is 10.2 Å². The number of H-pyrrole nitrogens is 2. The number of hydrogen-bond acceptors (Lipinski definition) is 2. The smallest absolute Gasteiger partial charge is 0.0936 e. The van der Waals surface area contributed by atoms with Crippen molar-refractivity contribution in [2.75, 3.05) is 0 Å². The van der Waals surface area contributed by atoms with Crippen molar-refractivity contribution in [1.29, 1.82) is 0 Å². The maximum absolute atomic E-state index is 4.82. The van der Waals surface area contributed by atoms with Crippen LogP contribution in [0, 0.1) is 0 Å². The molecule has 0 atom stereocenters. The van der Waals surface area contributed by atoms with Gasteiger partial charge in [0.2, 0.25) is 0 Å². The molecule has 2 aromatic heterocycles. The van der Waals surface area contributed by atoms with Gasteiger partial charge in [-0.15, -0.1) is 10.2 Å². The first-order chi connectivity index (χ1) is 19.8. The summed E-state index contributed by atoms with van der Waals surface area (Å²) in [4.78, 5) is 7.26. The predicted molar refractivity (Wildman–Crippen MR) is 167 cm³/mol. The number of azo groups is 1. The molecule has 0 radical (unpaired) electrons. The summed E-state index contributed by atoms with van der Waals surface area (Å²) >= 11 is 0. The van der Waals surface area contributed by atoms with Gasteiger partial charge in [0.1, 0.15) is 0 Å². The second-order valence-electron chi connectivity index (χ2n) is 10.0. The standard InChI is InChI=1S/C36H24N4/c1-5-19-31-23(11-1)27-15-9-17-29(35(27)37-31)25-13-3-7-21-33(25)39-40-34-22-8-4-14-26(34)30-18-10-16-28-24-12-2-6-20-32(24)38-36(28)30/h1-22,37-38H. The number of benzene rings is 6. The number of rotatable bonds is 4. The van der Waals surface area contributed by atoms with Gasteiger partial charge in [-0.2, -0.15) is 0 Å². The van der Waals surface area contributed by atoms with Crippen LogP contribution in [0.1, 0.15) is 0 Å². The van der Waals surface area contributed by atoms with Crippen molar-refractivity contribution in [3.8, 4) is 22.3 Å². The molecule has 4 nitrogen and oxygen atoms in total. The third-order valence-electron chi connectivity index (χ3n) is 7.74. The first-order valence-electron chi connectivity index (χ1n) is 13.4. The third-order valence-corrected chi connectivity index (χ3v) is 7.74. The van der Waals surface area contributed by atoms with Crippen LogP contribution in [0.5, 0.6) is 0 Å². The highest BCUT2D eigenvalue weighted by atomic mass is 15.1. The zero-order chi connectivity index (χ0) is 26.5. The van der Waals surface area contributed by atoms with E-state index in [-0.39, 0.29) is 0 Å². The van der Waals surface area contributed by atoms with Crippen LogP contribution in [-0.2, 0) is 0 Å². The topological polar surface area (TPSA) is 56.3 Å². The van der Waals surface area contributed by atoms with Gasteiger partial charge in [0, 0.05) is 54.8 Å². The normalized spacial score (nSPS) is 11.9.